The Labute approximate surface area is 87.8 Å². The molecule has 0 aliphatic carbocycles. The summed E-state index contributed by atoms with van der Waals surface area (Å²) in [6.45, 7) is 10.0. The summed E-state index contributed by atoms with van der Waals surface area (Å²) in [6.07, 6.45) is 1.59. The summed E-state index contributed by atoms with van der Waals surface area (Å²) in [5, 5.41) is 3.55. The van der Waals surface area contributed by atoms with Crippen LogP contribution < -0.4 is 5.32 Å². The van der Waals surface area contributed by atoms with Crippen molar-refractivity contribution in [1.82, 2.24) is 10.2 Å². The summed E-state index contributed by atoms with van der Waals surface area (Å²) in [6, 6.07) is 1.34. The van der Waals surface area contributed by atoms with Gasteiger partial charge in [0.25, 0.3) is 0 Å². The molecule has 3 heteroatoms. The van der Waals surface area contributed by atoms with Crippen LogP contribution in [0.25, 0.3) is 0 Å². The normalized spacial score (nSPS) is 25.9. The zero-order valence-electron chi connectivity index (χ0n) is 9.92. The Hall–Kier alpha value is -0.120. The lowest BCUT2D eigenvalue weighted by molar-refractivity contribution is 0.114. The van der Waals surface area contributed by atoms with Crippen molar-refractivity contribution < 1.29 is 4.74 Å². The molecule has 1 fully saturated rings. The summed E-state index contributed by atoms with van der Waals surface area (Å²) in [4.78, 5) is 2.52. The highest BCUT2D eigenvalue weighted by Crippen LogP contribution is 2.12. The van der Waals surface area contributed by atoms with Crippen molar-refractivity contribution in [3.05, 3.63) is 0 Å². The van der Waals surface area contributed by atoms with Gasteiger partial charge in [-0.05, 0) is 33.7 Å². The van der Waals surface area contributed by atoms with Crippen molar-refractivity contribution in [2.75, 3.05) is 26.7 Å². The summed E-state index contributed by atoms with van der Waals surface area (Å²) in [5.41, 5.74) is 0. The van der Waals surface area contributed by atoms with Gasteiger partial charge in [-0.1, -0.05) is 0 Å². The third-order valence-electron chi connectivity index (χ3n) is 3.05. The molecule has 3 nitrogen and oxygen atoms in total. The van der Waals surface area contributed by atoms with Crippen LogP contribution in [-0.2, 0) is 4.74 Å². The van der Waals surface area contributed by atoms with Crippen molar-refractivity contribution >= 4 is 0 Å². The van der Waals surface area contributed by atoms with E-state index >= 15 is 0 Å². The lowest BCUT2D eigenvalue weighted by Crippen LogP contribution is -2.38. The molecule has 1 aliphatic heterocycles. The molecule has 1 saturated heterocycles. The van der Waals surface area contributed by atoms with E-state index in [0.29, 0.717) is 18.2 Å². The standard InChI is InChI=1S/C11H24N2O/c1-9(2)13-6-5-11(8-13)12-7-10(3)14-4/h9-12H,5-8H2,1-4H3. The van der Waals surface area contributed by atoms with E-state index in [9.17, 15) is 0 Å². The minimum absolute atomic E-state index is 0.322. The summed E-state index contributed by atoms with van der Waals surface area (Å²) in [5.74, 6) is 0. The average Bonchev–Trinajstić information content (AvgIpc) is 2.62. The Kier molecular flexibility index (Phi) is 4.85. The Bertz CT molecular complexity index is 161. The fourth-order valence-corrected chi connectivity index (χ4v) is 1.84. The molecule has 0 aromatic heterocycles. The number of nitrogens with one attached hydrogen (secondary N) is 1. The minimum Gasteiger partial charge on any atom is -0.380 e. The molecule has 0 aromatic carbocycles. The predicted octanol–water partition coefficient (Wildman–Crippen LogP) is 1.09. The van der Waals surface area contributed by atoms with E-state index in [1.54, 1.807) is 7.11 Å². The fraction of sp³-hybridized carbons (Fsp3) is 1.00. The van der Waals surface area contributed by atoms with Gasteiger partial charge in [0, 0.05) is 32.3 Å². The maximum Gasteiger partial charge on any atom is 0.0667 e. The van der Waals surface area contributed by atoms with Crippen molar-refractivity contribution in [2.24, 2.45) is 0 Å². The lowest BCUT2D eigenvalue weighted by Gasteiger charge is -2.21. The van der Waals surface area contributed by atoms with Gasteiger partial charge in [-0.15, -0.1) is 0 Å². The molecule has 0 bridgehead atoms. The van der Waals surface area contributed by atoms with Gasteiger partial charge in [0.2, 0.25) is 0 Å². The quantitative estimate of drug-likeness (QED) is 0.719. The van der Waals surface area contributed by atoms with Crippen LogP contribution in [0.2, 0.25) is 0 Å². The summed E-state index contributed by atoms with van der Waals surface area (Å²) >= 11 is 0. The van der Waals surface area contributed by atoms with Crippen LogP contribution >= 0.6 is 0 Å². The number of likely N-dealkylation sites (tertiary alicyclic amines) is 1. The van der Waals surface area contributed by atoms with Crippen LogP contribution in [0.1, 0.15) is 27.2 Å². The molecule has 1 aliphatic rings. The van der Waals surface area contributed by atoms with Crippen molar-refractivity contribution in [3.63, 3.8) is 0 Å². The molecular weight excluding hydrogens is 176 g/mol. The molecule has 0 spiro atoms. The van der Waals surface area contributed by atoms with Gasteiger partial charge < -0.3 is 10.1 Å². The van der Waals surface area contributed by atoms with Gasteiger partial charge >= 0.3 is 0 Å². The molecule has 1 heterocycles. The van der Waals surface area contributed by atoms with Crippen molar-refractivity contribution in [2.45, 2.75) is 45.4 Å². The van der Waals surface area contributed by atoms with Crippen LogP contribution in [0, 0.1) is 0 Å². The Morgan fingerprint density at radius 2 is 2.14 bits per heavy atom. The number of rotatable bonds is 5. The molecule has 0 saturated carbocycles. The first-order valence-corrected chi connectivity index (χ1v) is 5.63. The topological polar surface area (TPSA) is 24.5 Å². The monoisotopic (exact) mass is 200 g/mol. The highest BCUT2D eigenvalue weighted by molar-refractivity contribution is 4.82. The van der Waals surface area contributed by atoms with E-state index in [0.717, 1.165) is 6.54 Å². The maximum atomic E-state index is 5.21. The molecule has 0 radical (unpaired) electrons. The molecule has 84 valence electrons. The summed E-state index contributed by atoms with van der Waals surface area (Å²) < 4.78 is 5.21. The van der Waals surface area contributed by atoms with Crippen LogP contribution in [0.15, 0.2) is 0 Å². The average molecular weight is 200 g/mol. The van der Waals surface area contributed by atoms with Crippen molar-refractivity contribution in [3.8, 4) is 0 Å². The Morgan fingerprint density at radius 1 is 1.43 bits per heavy atom. The van der Waals surface area contributed by atoms with E-state index in [1.807, 2.05) is 0 Å². The molecule has 1 N–H and O–H groups in total. The summed E-state index contributed by atoms with van der Waals surface area (Å²) in [7, 11) is 1.77. The van der Waals surface area contributed by atoms with E-state index < -0.39 is 0 Å². The van der Waals surface area contributed by atoms with E-state index in [2.05, 4.69) is 31.0 Å². The fourth-order valence-electron chi connectivity index (χ4n) is 1.84. The molecular formula is C11H24N2O. The van der Waals surface area contributed by atoms with E-state index in [4.69, 9.17) is 4.74 Å². The third kappa shape index (κ3) is 3.56. The van der Waals surface area contributed by atoms with Gasteiger partial charge in [0.1, 0.15) is 0 Å². The number of methoxy groups -OCH3 is 1. The maximum absolute atomic E-state index is 5.21. The van der Waals surface area contributed by atoms with Gasteiger partial charge in [-0.2, -0.15) is 0 Å². The van der Waals surface area contributed by atoms with Crippen LogP contribution in [0.3, 0.4) is 0 Å². The zero-order chi connectivity index (χ0) is 10.6. The third-order valence-corrected chi connectivity index (χ3v) is 3.05. The van der Waals surface area contributed by atoms with Crippen LogP contribution in [0.5, 0.6) is 0 Å². The van der Waals surface area contributed by atoms with Gasteiger partial charge in [-0.3, -0.25) is 4.90 Å². The van der Waals surface area contributed by atoms with E-state index in [1.165, 1.54) is 19.5 Å². The minimum atomic E-state index is 0.322. The first-order chi connectivity index (χ1) is 6.63. The first-order valence-electron chi connectivity index (χ1n) is 5.63. The SMILES string of the molecule is COC(C)CNC1CCN(C(C)C)C1. The Morgan fingerprint density at radius 3 is 2.64 bits per heavy atom. The second kappa shape index (κ2) is 5.69. The van der Waals surface area contributed by atoms with Gasteiger partial charge in [0.05, 0.1) is 6.10 Å². The molecule has 14 heavy (non-hydrogen) atoms. The number of hydrogen-bond acceptors (Lipinski definition) is 3. The highest BCUT2D eigenvalue weighted by Gasteiger charge is 2.23. The van der Waals surface area contributed by atoms with Gasteiger partial charge in [-0.25, -0.2) is 0 Å². The van der Waals surface area contributed by atoms with Gasteiger partial charge in [0.15, 0.2) is 0 Å². The Balaban J connectivity index is 2.16. The number of ether oxygens (including phenoxy) is 1. The molecule has 2 unspecified atom stereocenters. The largest absolute Gasteiger partial charge is 0.380 e. The van der Waals surface area contributed by atoms with Crippen LogP contribution in [-0.4, -0.2) is 49.8 Å². The van der Waals surface area contributed by atoms with Crippen molar-refractivity contribution in [1.29, 1.82) is 0 Å². The highest BCUT2D eigenvalue weighted by atomic mass is 16.5. The number of nitrogens with zero attached hydrogens (tertiary/aromatic N) is 1. The zero-order valence-corrected chi connectivity index (χ0v) is 9.92. The van der Waals surface area contributed by atoms with E-state index in [-0.39, 0.29) is 0 Å². The lowest BCUT2D eigenvalue weighted by atomic mass is 10.2. The first kappa shape index (κ1) is 12.0. The second-order valence-corrected chi connectivity index (χ2v) is 4.53. The smallest absolute Gasteiger partial charge is 0.0667 e. The van der Waals surface area contributed by atoms with Crippen LogP contribution in [0.4, 0.5) is 0 Å². The molecule has 2 atom stereocenters. The molecule has 0 amide bonds. The second-order valence-electron chi connectivity index (χ2n) is 4.53. The number of hydrogen-bond donors (Lipinski definition) is 1. The predicted molar refractivity (Wildman–Crippen MR) is 59.6 cm³/mol. The molecule has 0 aromatic rings. The molecule has 1 rings (SSSR count).